The van der Waals surface area contributed by atoms with Crippen LogP contribution in [-0.2, 0) is 14.6 Å². The van der Waals surface area contributed by atoms with E-state index in [1.54, 1.807) is 0 Å². The Kier molecular flexibility index (Phi) is 4.75. The van der Waals surface area contributed by atoms with Gasteiger partial charge in [0.25, 0.3) is 0 Å². The lowest BCUT2D eigenvalue weighted by Crippen LogP contribution is -2.37. The van der Waals surface area contributed by atoms with E-state index in [0.29, 0.717) is 11.6 Å². The number of fused-ring (bicyclic) bond motifs is 1. The van der Waals surface area contributed by atoms with Gasteiger partial charge >= 0.3 is 0 Å². The van der Waals surface area contributed by atoms with Crippen molar-refractivity contribution in [1.29, 1.82) is 0 Å². The van der Waals surface area contributed by atoms with Gasteiger partial charge in [0.1, 0.15) is 0 Å². The number of carbonyl (C=O) groups is 1. The predicted molar refractivity (Wildman–Crippen MR) is 99.4 cm³/mol. The second-order valence-electron chi connectivity index (χ2n) is 6.89. The number of hydrogen-bond acceptors (Lipinski definition) is 4. The molecule has 0 N–H and O–H groups in total. The van der Waals surface area contributed by atoms with E-state index in [2.05, 4.69) is 4.99 Å². The Bertz CT molecular complexity index is 770. The maximum atomic E-state index is 12.1. The molecule has 2 saturated heterocycles. The third-order valence-electron chi connectivity index (χ3n) is 4.18. The third-order valence-corrected chi connectivity index (χ3v) is 7.39. The monoisotopic (exact) mass is 366 g/mol. The summed E-state index contributed by atoms with van der Waals surface area (Å²) in [5.41, 5.74) is 2.03. The largest absolute Gasteiger partial charge is 0.316 e. The van der Waals surface area contributed by atoms with Crippen molar-refractivity contribution in [2.24, 2.45) is 10.9 Å². The van der Waals surface area contributed by atoms with Gasteiger partial charge < -0.3 is 4.90 Å². The van der Waals surface area contributed by atoms with E-state index >= 15 is 0 Å². The van der Waals surface area contributed by atoms with Gasteiger partial charge in [-0.3, -0.25) is 4.79 Å². The fraction of sp³-hybridized carbons (Fsp3) is 0.529. The summed E-state index contributed by atoms with van der Waals surface area (Å²) >= 11 is 1.42. The molecule has 0 unspecified atom stereocenters. The lowest BCUT2D eigenvalue weighted by Gasteiger charge is -2.24. The first-order chi connectivity index (χ1) is 11.2. The van der Waals surface area contributed by atoms with E-state index < -0.39 is 9.84 Å². The summed E-state index contributed by atoms with van der Waals surface area (Å²) in [6.45, 7) is 5.98. The molecule has 1 amide bonds. The number of thioether (sulfide) groups is 1. The molecule has 7 heteroatoms. The Morgan fingerprint density at radius 1 is 1.29 bits per heavy atom. The predicted octanol–water partition coefficient (Wildman–Crippen LogP) is 2.64. The third kappa shape index (κ3) is 3.67. The number of anilines is 1. The highest BCUT2D eigenvalue weighted by Gasteiger charge is 2.49. The normalized spacial score (nSPS) is 27.0. The topological polar surface area (TPSA) is 66.8 Å². The number of aliphatic imine (C=N–C) groups is 1. The summed E-state index contributed by atoms with van der Waals surface area (Å²) in [6.07, 6.45) is 0.402. The number of amidine groups is 1. The molecule has 2 aliphatic heterocycles. The Hall–Kier alpha value is -1.34. The van der Waals surface area contributed by atoms with E-state index in [1.165, 1.54) is 11.8 Å². The molecule has 1 aromatic rings. The molecule has 2 atom stereocenters. The molecule has 0 aliphatic carbocycles. The van der Waals surface area contributed by atoms with Crippen LogP contribution in [-0.4, -0.2) is 42.3 Å². The summed E-state index contributed by atoms with van der Waals surface area (Å²) in [4.78, 5) is 18.4. The second-order valence-corrected chi connectivity index (χ2v) is 10.3. The van der Waals surface area contributed by atoms with Gasteiger partial charge in [0.15, 0.2) is 15.0 Å². The molecule has 0 spiro atoms. The second kappa shape index (κ2) is 6.52. The molecule has 1 aromatic carbocycles. The molecule has 0 radical (unpaired) electrons. The minimum absolute atomic E-state index is 0.0538. The Labute approximate surface area is 147 Å². The molecular formula is C17H22N2O3S2. The first-order valence-corrected chi connectivity index (χ1v) is 10.8. The number of carbonyl (C=O) groups excluding carboxylic acids is 1. The summed E-state index contributed by atoms with van der Waals surface area (Å²) in [6, 6.07) is 7.76. The number of amides is 1. The highest BCUT2D eigenvalue weighted by atomic mass is 32.2. The Balaban J connectivity index is 1.95. The van der Waals surface area contributed by atoms with Crippen LogP contribution >= 0.6 is 11.8 Å². The van der Waals surface area contributed by atoms with Gasteiger partial charge in [0.2, 0.25) is 5.91 Å². The molecule has 130 valence electrons. The van der Waals surface area contributed by atoms with Crippen molar-refractivity contribution in [3.63, 3.8) is 0 Å². The number of nitrogens with zero attached hydrogens (tertiary/aromatic N) is 2. The minimum atomic E-state index is -3.03. The van der Waals surface area contributed by atoms with Crippen LogP contribution < -0.4 is 4.90 Å². The van der Waals surface area contributed by atoms with Crippen LogP contribution in [0.5, 0.6) is 0 Å². The first kappa shape index (κ1) is 17.5. The van der Waals surface area contributed by atoms with Gasteiger partial charge in [-0.25, -0.2) is 8.42 Å². The molecule has 0 aromatic heterocycles. The van der Waals surface area contributed by atoms with Crippen molar-refractivity contribution in [2.45, 2.75) is 38.5 Å². The van der Waals surface area contributed by atoms with Crippen molar-refractivity contribution in [3.05, 3.63) is 29.8 Å². The SMILES string of the molecule is Cc1ccc(N2C(=NC(=O)CC(C)C)S[C@@H]3CS(=O)(=O)C[C@@H]32)cc1. The fourth-order valence-electron chi connectivity index (χ4n) is 3.07. The molecule has 2 fully saturated rings. The van der Waals surface area contributed by atoms with Crippen LogP contribution in [0.25, 0.3) is 0 Å². The molecule has 5 nitrogen and oxygen atoms in total. The summed E-state index contributed by atoms with van der Waals surface area (Å²) in [5, 5.41) is 0.580. The molecule has 3 rings (SSSR count). The lowest BCUT2D eigenvalue weighted by atomic mass is 10.1. The smallest absolute Gasteiger partial charge is 0.248 e. The van der Waals surface area contributed by atoms with Crippen LogP contribution in [0.1, 0.15) is 25.8 Å². The molecule has 0 saturated carbocycles. The van der Waals surface area contributed by atoms with Gasteiger partial charge in [-0.1, -0.05) is 43.3 Å². The maximum absolute atomic E-state index is 12.1. The zero-order chi connectivity index (χ0) is 17.5. The summed E-state index contributed by atoms with van der Waals surface area (Å²) in [5.74, 6) is 0.381. The Morgan fingerprint density at radius 2 is 1.96 bits per heavy atom. The number of sulfone groups is 1. The molecular weight excluding hydrogens is 344 g/mol. The van der Waals surface area contributed by atoms with Crippen molar-refractivity contribution in [3.8, 4) is 0 Å². The van der Waals surface area contributed by atoms with Crippen LogP contribution in [0.4, 0.5) is 5.69 Å². The van der Waals surface area contributed by atoms with Crippen LogP contribution in [0, 0.1) is 12.8 Å². The number of benzene rings is 1. The van der Waals surface area contributed by atoms with Crippen LogP contribution in [0.3, 0.4) is 0 Å². The molecule has 2 aliphatic rings. The zero-order valence-electron chi connectivity index (χ0n) is 14.1. The quantitative estimate of drug-likeness (QED) is 0.823. The molecule has 24 heavy (non-hydrogen) atoms. The van der Waals surface area contributed by atoms with Crippen LogP contribution in [0.2, 0.25) is 0 Å². The Morgan fingerprint density at radius 3 is 2.58 bits per heavy atom. The first-order valence-electron chi connectivity index (χ1n) is 8.09. The molecule has 0 bridgehead atoms. The van der Waals surface area contributed by atoms with Crippen molar-refractivity contribution in [1.82, 2.24) is 0 Å². The minimum Gasteiger partial charge on any atom is -0.316 e. The standard InChI is InChI=1S/C17H22N2O3S2/c1-11(2)8-16(20)18-17-19(13-6-4-12(3)5-7-13)14-9-24(21,22)10-15(14)23-17/h4-7,11,14-15H,8-10H2,1-3H3/t14-,15+/m0/s1. The summed E-state index contributed by atoms with van der Waals surface area (Å²) in [7, 11) is -3.03. The van der Waals surface area contributed by atoms with E-state index in [0.717, 1.165) is 11.3 Å². The average Bonchev–Trinajstić information content (AvgIpc) is 2.90. The van der Waals surface area contributed by atoms with Crippen molar-refractivity contribution in [2.75, 3.05) is 16.4 Å². The van der Waals surface area contributed by atoms with Gasteiger partial charge in [-0.05, 0) is 25.0 Å². The fourth-order valence-corrected chi connectivity index (χ4v) is 7.00. The van der Waals surface area contributed by atoms with E-state index in [9.17, 15) is 13.2 Å². The van der Waals surface area contributed by atoms with Gasteiger partial charge in [0.05, 0.1) is 17.5 Å². The van der Waals surface area contributed by atoms with Crippen molar-refractivity contribution < 1.29 is 13.2 Å². The highest BCUT2D eigenvalue weighted by Crippen LogP contribution is 2.41. The average molecular weight is 367 g/mol. The highest BCUT2D eigenvalue weighted by molar-refractivity contribution is 8.16. The van der Waals surface area contributed by atoms with Gasteiger partial charge in [-0.2, -0.15) is 4.99 Å². The number of aryl methyl sites for hydroxylation is 1. The summed E-state index contributed by atoms with van der Waals surface area (Å²) < 4.78 is 24.0. The number of rotatable bonds is 3. The maximum Gasteiger partial charge on any atom is 0.248 e. The van der Waals surface area contributed by atoms with E-state index in [-0.39, 0.29) is 34.6 Å². The zero-order valence-corrected chi connectivity index (χ0v) is 15.7. The number of hydrogen-bond donors (Lipinski definition) is 0. The van der Waals surface area contributed by atoms with Crippen molar-refractivity contribution >= 4 is 38.4 Å². The van der Waals surface area contributed by atoms with Gasteiger partial charge in [0, 0.05) is 17.4 Å². The van der Waals surface area contributed by atoms with E-state index in [4.69, 9.17) is 0 Å². The van der Waals surface area contributed by atoms with E-state index in [1.807, 2.05) is 49.9 Å². The lowest BCUT2D eigenvalue weighted by molar-refractivity contribution is -0.118. The van der Waals surface area contributed by atoms with Gasteiger partial charge in [-0.15, -0.1) is 0 Å². The van der Waals surface area contributed by atoms with Crippen LogP contribution in [0.15, 0.2) is 29.3 Å². The molecule has 2 heterocycles.